The molecule has 1 atom stereocenters. The monoisotopic (exact) mass is 219 g/mol. The zero-order chi connectivity index (χ0) is 11.9. The van der Waals surface area contributed by atoms with Gasteiger partial charge in [-0.2, -0.15) is 0 Å². The number of pyridine rings is 1. The fourth-order valence-electron chi connectivity index (χ4n) is 1.61. The highest BCUT2D eigenvalue weighted by Gasteiger charge is 2.18. The molecule has 2 rings (SSSR count). The van der Waals surface area contributed by atoms with Crippen molar-refractivity contribution >= 4 is 23.0 Å². The van der Waals surface area contributed by atoms with Crippen LogP contribution in [0.3, 0.4) is 0 Å². The van der Waals surface area contributed by atoms with Gasteiger partial charge in [-0.3, -0.25) is 9.36 Å². The number of fused-ring (bicyclic) bond motifs is 1. The van der Waals surface area contributed by atoms with Crippen LogP contribution < -0.4 is 11.5 Å². The first-order valence-electron chi connectivity index (χ1n) is 4.90. The molecule has 4 N–H and O–H groups in total. The van der Waals surface area contributed by atoms with Crippen molar-refractivity contribution in [2.24, 2.45) is 5.73 Å². The molecule has 0 bridgehead atoms. The minimum atomic E-state index is -0.555. The predicted molar refractivity (Wildman–Crippen MR) is 60.6 cm³/mol. The molecule has 0 saturated heterocycles. The largest absolute Gasteiger partial charge is 0.369 e. The van der Waals surface area contributed by atoms with Gasteiger partial charge in [0.2, 0.25) is 11.9 Å². The van der Waals surface area contributed by atoms with Crippen molar-refractivity contribution in [3.63, 3.8) is 0 Å². The molecule has 16 heavy (non-hydrogen) atoms. The van der Waals surface area contributed by atoms with E-state index in [1.165, 1.54) is 4.57 Å². The number of imidazole rings is 1. The van der Waals surface area contributed by atoms with Crippen LogP contribution in [0.4, 0.5) is 5.95 Å². The van der Waals surface area contributed by atoms with Crippen LogP contribution in [-0.2, 0) is 4.79 Å². The lowest BCUT2D eigenvalue weighted by Gasteiger charge is -2.10. The van der Waals surface area contributed by atoms with Gasteiger partial charge in [-0.05, 0) is 25.5 Å². The molecule has 0 aliphatic carbocycles. The summed E-state index contributed by atoms with van der Waals surface area (Å²) in [6, 6.07) is 1.31. The van der Waals surface area contributed by atoms with Crippen molar-refractivity contribution in [2.45, 2.75) is 19.9 Å². The lowest BCUT2D eigenvalue weighted by molar-refractivity contribution is -0.120. The van der Waals surface area contributed by atoms with Gasteiger partial charge < -0.3 is 11.5 Å². The number of nitrogens with two attached hydrogens (primary N) is 2. The van der Waals surface area contributed by atoms with E-state index in [2.05, 4.69) is 9.97 Å². The van der Waals surface area contributed by atoms with Crippen molar-refractivity contribution in [3.8, 4) is 0 Å². The van der Waals surface area contributed by atoms with Gasteiger partial charge in [0.15, 0.2) is 5.65 Å². The number of anilines is 1. The number of amides is 1. The third-order valence-electron chi connectivity index (χ3n) is 2.49. The number of nitrogens with zero attached hydrogens (tertiary/aromatic N) is 3. The van der Waals surface area contributed by atoms with Gasteiger partial charge in [0.25, 0.3) is 0 Å². The number of carbonyl (C=O) groups is 1. The molecule has 0 saturated carbocycles. The van der Waals surface area contributed by atoms with E-state index in [1.54, 1.807) is 13.1 Å². The van der Waals surface area contributed by atoms with E-state index < -0.39 is 11.9 Å². The fourth-order valence-corrected chi connectivity index (χ4v) is 1.61. The highest BCUT2D eigenvalue weighted by molar-refractivity contribution is 5.82. The van der Waals surface area contributed by atoms with Crippen LogP contribution in [0.25, 0.3) is 11.2 Å². The third-order valence-corrected chi connectivity index (χ3v) is 2.49. The Labute approximate surface area is 92.3 Å². The maximum Gasteiger partial charge on any atom is 0.240 e. The second kappa shape index (κ2) is 3.48. The van der Waals surface area contributed by atoms with Crippen LogP contribution in [0.15, 0.2) is 12.3 Å². The number of aromatic nitrogens is 3. The summed E-state index contributed by atoms with van der Waals surface area (Å²) in [6.07, 6.45) is 1.70. The molecule has 1 unspecified atom stereocenters. The van der Waals surface area contributed by atoms with Crippen LogP contribution in [0.1, 0.15) is 18.5 Å². The summed E-state index contributed by atoms with van der Waals surface area (Å²) in [4.78, 5) is 19.5. The van der Waals surface area contributed by atoms with Gasteiger partial charge in [0.05, 0.1) is 0 Å². The molecular formula is C10H13N5O. The summed E-state index contributed by atoms with van der Waals surface area (Å²) >= 11 is 0. The van der Waals surface area contributed by atoms with Gasteiger partial charge in [-0.15, -0.1) is 0 Å². The average Bonchev–Trinajstić information content (AvgIpc) is 2.51. The summed E-state index contributed by atoms with van der Waals surface area (Å²) in [7, 11) is 0. The summed E-state index contributed by atoms with van der Waals surface area (Å²) in [6.45, 7) is 3.58. The molecule has 2 aromatic heterocycles. The Morgan fingerprint density at radius 1 is 1.56 bits per heavy atom. The lowest BCUT2D eigenvalue weighted by atomic mass is 10.3. The van der Waals surface area contributed by atoms with E-state index in [0.717, 1.165) is 5.56 Å². The first-order chi connectivity index (χ1) is 7.50. The average molecular weight is 219 g/mol. The molecule has 0 aliphatic heterocycles. The number of nitrogen functional groups attached to an aromatic ring is 1. The van der Waals surface area contributed by atoms with E-state index in [-0.39, 0.29) is 5.95 Å². The molecule has 6 heteroatoms. The van der Waals surface area contributed by atoms with Crippen molar-refractivity contribution in [1.82, 2.24) is 14.5 Å². The van der Waals surface area contributed by atoms with Crippen LogP contribution >= 0.6 is 0 Å². The zero-order valence-corrected chi connectivity index (χ0v) is 9.14. The maximum atomic E-state index is 11.2. The van der Waals surface area contributed by atoms with Gasteiger partial charge in [0.1, 0.15) is 11.6 Å². The van der Waals surface area contributed by atoms with Crippen molar-refractivity contribution in [3.05, 3.63) is 17.8 Å². The Bertz CT molecular complexity index is 560. The molecule has 84 valence electrons. The van der Waals surface area contributed by atoms with Gasteiger partial charge >= 0.3 is 0 Å². The molecule has 1 amide bonds. The van der Waals surface area contributed by atoms with Gasteiger partial charge in [0, 0.05) is 6.20 Å². The van der Waals surface area contributed by atoms with E-state index in [4.69, 9.17) is 11.5 Å². The lowest BCUT2D eigenvalue weighted by Crippen LogP contribution is -2.25. The first kappa shape index (κ1) is 10.4. The molecule has 0 fully saturated rings. The highest BCUT2D eigenvalue weighted by atomic mass is 16.1. The van der Waals surface area contributed by atoms with Crippen molar-refractivity contribution < 1.29 is 4.79 Å². The van der Waals surface area contributed by atoms with Gasteiger partial charge in [-0.1, -0.05) is 0 Å². The number of aryl methyl sites for hydroxylation is 1. The maximum absolute atomic E-state index is 11.2. The minimum Gasteiger partial charge on any atom is -0.369 e. The fraction of sp³-hybridized carbons (Fsp3) is 0.300. The summed E-state index contributed by atoms with van der Waals surface area (Å²) in [5.41, 5.74) is 13.2. The first-order valence-corrected chi connectivity index (χ1v) is 4.90. The van der Waals surface area contributed by atoms with E-state index in [1.807, 2.05) is 13.0 Å². The van der Waals surface area contributed by atoms with E-state index in [0.29, 0.717) is 11.2 Å². The smallest absolute Gasteiger partial charge is 0.240 e. The Balaban J connectivity index is 2.69. The minimum absolute atomic E-state index is 0.249. The Morgan fingerprint density at radius 2 is 2.25 bits per heavy atom. The third kappa shape index (κ3) is 1.48. The number of hydrogen-bond acceptors (Lipinski definition) is 4. The van der Waals surface area contributed by atoms with E-state index >= 15 is 0 Å². The predicted octanol–water partition coefficient (Wildman–Crippen LogP) is 0.368. The molecule has 0 aromatic carbocycles. The van der Waals surface area contributed by atoms with Crippen LogP contribution in [0, 0.1) is 6.92 Å². The number of primary amides is 1. The SMILES string of the molecule is Cc1cnc2c(c1)nc(N)n2C(C)C(N)=O. The van der Waals surface area contributed by atoms with Crippen LogP contribution in [0.2, 0.25) is 0 Å². The summed E-state index contributed by atoms with van der Waals surface area (Å²) in [5, 5.41) is 0. The molecule has 0 radical (unpaired) electrons. The molecule has 0 spiro atoms. The van der Waals surface area contributed by atoms with Crippen molar-refractivity contribution in [1.29, 1.82) is 0 Å². The highest BCUT2D eigenvalue weighted by Crippen LogP contribution is 2.21. The number of carbonyl (C=O) groups excluding carboxylic acids is 1. The molecule has 2 heterocycles. The second-order valence-electron chi connectivity index (χ2n) is 3.77. The van der Waals surface area contributed by atoms with Crippen molar-refractivity contribution in [2.75, 3.05) is 5.73 Å². The molecule has 6 nitrogen and oxygen atoms in total. The number of rotatable bonds is 2. The quantitative estimate of drug-likeness (QED) is 0.761. The Kier molecular flexibility index (Phi) is 2.26. The van der Waals surface area contributed by atoms with Crippen LogP contribution in [-0.4, -0.2) is 20.4 Å². The zero-order valence-electron chi connectivity index (χ0n) is 9.14. The normalized spacial score (nSPS) is 12.9. The summed E-state index contributed by atoms with van der Waals surface area (Å²) < 4.78 is 1.54. The Hall–Kier alpha value is -2.11. The molecular weight excluding hydrogens is 206 g/mol. The topological polar surface area (TPSA) is 99.8 Å². The Morgan fingerprint density at radius 3 is 2.88 bits per heavy atom. The van der Waals surface area contributed by atoms with E-state index in [9.17, 15) is 4.79 Å². The second-order valence-corrected chi connectivity index (χ2v) is 3.77. The molecule has 2 aromatic rings. The standard InChI is InChI=1S/C10H13N5O/c1-5-3-7-9(13-4-5)15(10(12)14-7)6(2)8(11)16/h3-4,6H,1-2H3,(H2,11,16)(H2,12,14). The summed E-state index contributed by atoms with van der Waals surface area (Å²) in [5.74, 6) is -0.215. The van der Waals surface area contributed by atoms with Gasteiger partial charge in [-0.25, -0.2) is 9.97 Å². The van der Waals surface area contributed by atoms with Crippen LogP contribution in [0.5, 0.6) is 0 Å². The number of hydrogen-bond donors (Lipinski definition) is 2. The molecule has 0 aliphatic rings.